The van der Waals surface area contributed by atoms with E-state index in [-0.39, 0.29) is 0 Å². The molecule has 0 amide bonds. The molecular formula is C15H24N4O. The monoisotopic (exact) mass is 276 g/mol. The number of imidazole rings is 1. The zero-order chi connectivity index (χ0) is 13.4. The van der Waals surface area contributed by atoms with Crippen molar-refractivity contribution in [3.05, 3.63) is 17.2 Å². The van der Waals surface area contributed by atoms with E-state index in [1.54, 1.807) is 0 Å². The highest BCUT2D eigenvalue weighted by Gasteiger charge is 2.29. The first-order chi connectivity index (χ1) is 9.93. The summed E-state index contributed by atoms with van der Waals surface area (Å²) < 4.78 is 8.00. The smallest absolute Gasteiger partial charge is 0.131 e. The van der Waals surface area contributed by atoms with Crippen LogP contribution in [0.5, 0.6) is 0 Å². The molecule has 110 valence electrons. The molecule has 5 nitrogen and oxygen atoms in total. The summed E-state index contributed by atoms with van der Waals surface area (Å²) in [5.41, 5.74) is 2.73. The molecule has 20 heavy (non-hydrogen) atoms. The lowest BCUT2D eigenvalue weighted by Gasteiger charge is -2.33. The van der Waals surface area contributed by atoms with Crippen molar-refractivity contribution in [2.45, 2.75) is 44.6 Å². The molecule has 1 saturated heterocycles. The van der Waals surface area contributed by atoms with Crippen molar-refractivity contribution in [3.63, 3.8) is 0 Å². The molecule has 2 aliphatic heterocycles. The Morgan fingerprint density at radius 3 is 2.75 bits per heavy atom. The minimum absolute atomic E-state index is 0.670. The molecule has 3 heterocycles. The summed E-state index contributed by atoms with van der Waals surface area (Å²) >= 11 is 0. The van der Waals surface area contributed by atoms with Crippen LogP contribution in [-0.4, -0.2) is 42.5 Å². The van der Waals surface area contributed by atoms with Crippen LogP contribution < -0.4 is 10.3 Å². The predicted molar refractivity (Wildman–Crippen MR) is 77.6 cm³/mol. The summed E-state index contributed by atoms with van der Waals surface area (Å²) in [7, 11) is 0. The Labute approximate surface area is 120 Å². The number of ether oxygens (including phenoxy) is 1. The second-order valence-electron chi connectivity index (χ2n) is 6.15. The van der Waals surface area contributed by atoms with Crippen molar-refractivity contribution in [1.29, 1.82) is 0 Å². The van der Waals surface area contributed by atoms with Gasteiger partial charge in [0.15, 0.2) is 0 Å². The minimum Gasteiger partial charge on any atom is -0.378 e. The van der Waals surface area contributed by atoms with Crippen LogP contribution in [0.1, 0.15) is 48.8 Å². The Bertz CT molecular complexity index is 472. The van der Waals surface area contributed by atoms with Gasteiger partial charge in [-0.05, 0) is 12.8 Å². The number of hydrogen-bond donors (Lipinski definition) is 1. The molecule has 0 spiro atoms. The maximum absolute atomic E-state index is 5.52. The van der Waals surface area contributed by atoms with Gasteiger partial charge >= 0.3 is 0 Å². The lowest BCUT2D eigenvalue weighted by Crippen LogP contribution is -2.46. The molecule has 3 aliphatic rings. The Hall–Kier alpha value is -1.07. The van der Waals surface area contributed by atoms with Gasteiger partial charge in [0.1, 0.15) is 5.82 Å². The normalized spacial score (nSPS) is 24.1. The standard InChI is InChI=1S/C15H24N4O/c1-2-4-12(3-1)15-17-13-11-16-6-5-14(13)19(15)18-7-9-20-10-8-18/h12,16H,1-11H2. The number of nitrogens with one attached hydrogen (secondary N) is 1. The maximum atomic E-state index is 5.52. The van der Waals surface area contributed by atoms with Crippen molar-refractivity contribution >= 4 is 0 Å². The van der Waals surface area contributed by atoms with Gasteiger partial charge in [-0.15, -0.1) is 0 Å². The van der Waals surface area contributed by atoms with E-state index in [9.17, 15) is 0 Å². The third kappa shape index (κ3) is 2.13. The SMILES string of the molecule is C1CCC(c2nc3c(n2N2CCOCC2)CCNC3)C1. The molecule has 0 radical (unpaired) electrons. The van der Waals surface area contributed by atoms with Gasteiger partial charge in [-0.3, -0.25) is 0 Å². The van der Waals surface area contributed by atoms with E-state index in [0.717, 1.165) is 45.8 Å². The van der Waals surface area contributed by atoms with E-state index in [0.29, 0.717) is 5.92 Å². The highest BCUT2D eigenvalue weighted by molar-refractivity contribution is 5.25. The second-order valence-corrected chi connectivity index (χ2v) is 6.15. The molecule has 0 bridgehead atoms. The summed E-state index contributed by atoms with van der Waals surface area (Å²) in [6, 6.07) is 0. The molecule has 2 fully saturated rings. The molecule has 1 aliphatic carbocycles. The summed E-state index contributed by atoms with van der Waals surface area (Å²) in [6.07, 6.45) is 6.46. The Morgan fingerprint density at radius 1 is 1.15 bits per heavy atom. The van der Waals surface area contributed by atoms with Gasteiger partial charge in [-0.2, -0.15) is 0 Å². The van der Waals surface area contributed by atoms with E-state index in [1.807, 2.05) is 0 Å². The van der Waals surface area contributed by atoms with Crippen LogP contribution in [0.4, 0.5) is 0 Å². The number of rotatable bonds is 2. The summed E-state index contributed by atoms with van der Waals surface area (Å²) in [5.74, 6) is 2.00. The lowest BCUT2D eigenvalue weighted by molar-refractivity contribution is 0.110. The third-order valence-corrected chi connectivity index (χ3v) is 4.88. The third-order valence-electron chi connectivity index (χ3n) is 4.88. The van der Waals surface area contributed by atoms with Gasteiger partial charge in [-0.1, -0.05) is 12.8 Å². The first-order valence-corrected chi connectivity index (χ1v) is 8.07. The average Bonchev–Trinajstić information content (AvgIpc) is 3.15. The van der Waals surface area contributed by atoms with Crippen LogP contribution in [0.2, 0.25) is 0 Å². The van der Waals surface area contributed by atoms with Crippen LogP contribution in [0.25, 0.3) is 0 Å². The number of hydrogen-bond acceptors (Lipinski definition) is 4. The molecule has 1 saturated carbocycles. The molecule has 0 unspecified atom stereocenters. The quantitative estimate of drug-likeness (QED) is 0.880. The number of nitrogens with zero attached hydrogens (tertiary/aromatic N) is 3. The minimum atomic E-state index is 0.670. The molecular weight excluding hydrogens is 252 g/mol. The maximum Gasteiger partial charge on any atom is 0.131 e. The Kier molecular flexibility index (Phi) is 3.40. The van der Waals surface area contributed by atoms with Crippen LogP contribution in [0, 0.1) is 0 Å². The average molecular weight is 276 g/mol. The van der Waals surface area contributed by atoms with Crippen molar-refractivity contribution in [1.82, 2.24) is 15.0 Å². The first kappa shape index (κ1) is 12.7. The van der Waals surface area contributed by atoms with E-state index >= 15 is 0 Å². The molecule has 5 heteroatoms. The van der Waals surface area contributed by atoms with Crippen LogP contribution in [0.15, 0.2) is 0 Å². The van der Waals surface area contributed by atoms with Crippen LogP contribution >= 0.6 is 0 Å². The van der Waals surface area contributed by atoms with Crippen molar-refractivity contribution in [2.75, 3.05) is 37.9 Å². The van der Waals surface area contributed by atoms with Crippen molar-refractivity contribution in [2.24, 2.45) is 0 Å². The van der Waals surface area contributed by atoms with E-state index in [2.05, 4.69) is 15.0 Å². The van der Waals surface area contributed by atoms with Gasteiger partial charge in [-0.25, -0.2) is 9.66 Å². The van der Waals surface area contributed by atoms with Crippen molar-refractivity contribution < 1.29 is 4.74 Å². The highest BCUT2D eigenvalue weighted by atomic mass is 16.5. The van der Waals surface area contributed by atoms with Crippen LogP contribution in [0.3, 0.4) is 0 Å². The first-order valence-electron chi connectivity index (χ1n) is 8.07. The summed E-state index contributed by atoms with van der Waals surface area (Å²) in [6.45, 7) is 5.69. The van der Waals surface area contributed by atoms with Gasteiger partial charge in [0.2, 0.25) is 0 Å². The molecule has 0 atom stereocenters. The second kappa shape index (κ2) is 5.37. The van der Waals surface area contributed by atoms with Gasteiger partial charge in [0, 0.05) is 25.4 Å². The predicted octanol–water partition coefficient (Wildman–Crippen LogP) is 1.15. The summed E-state index contributed by atoms with van der Waals surface area (Å²) in [4.78, 5) is 5.03. The molecule has 1 aromatic rings. The number of fused-ring (bicyclic) bond motifs is 1. The number of aromatic nitrogens is 2. The zero-order valence-corrected chi connectivity index (χ0v) is 12.1. The van der Waals surface area contributed by atoms with E-state index in [4.69, 9.17) is 9.72 Å². The fourth-order valence-electron chi connectivity index (χ4n) is 3.83. The van der Waals surface area contributed by atoms with Gasteiger partial charge in [0.05, 0.1) is 37.7 Å². The van der Waals surface area contributed by atoms with Gasteiger partial charge in [0.25, 0.3) is 0 Å². The molecule has 4 rings (SSSR count). The van der Waals surface area contributed by atoms with E-state index < -0.39 is 0 Å². The van der Waals surface area contributed by atoms with Crippen molar-refractivity contribution in [3.8, 4) is 0 Å². The zero-order valence-electron chi connectivity index (χ0n) is 12.1. The van der Waals surface area contributed by atoms with E-state index in [1.165, 1.54) is 42.9 Å². The summed E-state index contributed by atoms with van der Waals surface area (Å²) in [5, 5.41) is 5.92. The molecule has 1 aromatic heterocycles. The van der Waals surface area contributed by atoms with Gasteiger partial charge < -0.3 is 15.1 Å². The highest BCUT2D eigenvalue weighted by Crippen LogP contribution is 2.35. The lowest BCUT2D eigenvalue weighted by atomic mass is 10.1. The molecule has 0 aromatic carbocycles. The Morgan fingerprint density at radius 2 is 1.95 bits per heavy atom. The molecule has 1 N–H and O–H groups in total. The largest absolute Gasteiger partial charge is 0.378 e. The van der Waals surface area contributed by atoms with Crippen LogP contribution in [-0.2, 0) is 17.7 Å². The fourth-order valence-corrected chi connectivity index (χ4v) is 3.83. The fraction of sp³-hybridized carbons (Fsp3) is 0.800. The number of morpholine rings is 1. The Balaban J connectivity index is 1.73. The topological polar surface area (TPSA) is 42.3 Å².